The van der Waals surface area contributed by atoms with Crippen molar-refractivity contribution in [2.24, 2.45) is 0 Å². The molecule has 0 fully saturated rings. The Morgan fingerprint density at radius 1 is 1.29 bits per heavy atom. The van der Waals surface area contributed by atoms with Crippen molar-refractivity contribution in [2.45, 2.75) is 45.8 Å². The third-order valence-electron chi connectivity index (χ3n) is 2.22. The molecular formula is C11H17F3N2S. The molecule has 0 saturated heterocycles. The summed E-state index contributed by atoms with van der Waals surface area (Å²) in [5.41, 5.74) is 0.790. The highest BCUT2D eigenvalue weighted by molar-refractivity contribution is 7.11. The molecule has 0 aliphatic heterocycles. The monoisotopic (exact) mass is 266 g/mol. The minimum atomic E-state index is -4.17. The van der Waals surface area contributed by atoms with Crippen LogP contribution >= 0.6 is 11.3 Å². The second kappa shape index (κ2) is 6.35. The number of hydrogen-bond acceptors (Lipinski definition) is 3. The number of rotatable bonds is 6. The maximum atomic E-state index is 12.2. The summed E-state index contributed by atoms with van der Waals surface area (Å²) < 4.78 is 36.7. The van der Waals surface area contributed by atoms with Crippen molar-refractivity contribution in [3.8, 4) is 0 Å². The van der Waals surface area contributed by atoms with Gasteiger partial charge in [0.15, 0.2) is 0 Å². The van der Waals surface area contributed by atoms with E-state index in [-0.39, 0.29) is 5.01 Å². The standard InChI is InChI=1S/C11H17F3N2S/c1-3-5-15-7-9-8(4-2)16-10(17-9)6-11(12,13)14/h15H,3-7H2,1-2H3. The SMILES string of the molecule is CCCNCc1sc(CC(F)(F)F)nc1CC. The highest BCUT2D eigenvalue weighted by atomic mass is 32.1. The van der Waals surface area contributed by atoms with Gasteiger partial charge in [-0.3, -0.25) is 0 Å². The Bertz CT molecular complexity index is 347. The minimum absolute atomic E-state index is 0.169. The number of halogens is 3. The Balaban J connectivity index is 2.69. The summed E-state index contributed by atoms with van der Waals surface area (Å²) in [7, 11) is 0. The van der Waals surface area contributed by atoms with Crippen molar-refractivity contribution in [1.82, 2.24) is 10.3 Å². The Hall–Kier alpha value is -0.620. The number of aryl methyl sites for hydroxylation is 1. The van der Waals surface area contributed by atoms with Gasteiger partial charge in [-0.1, -0.05) is 13.8 Å². The number of nitrogens with one attached hydrogen (secondary N) is 1. The molecule has 17 heavy (non-hydrogen) atoms. The van der Waals surface area contributed by atoms with Gasteiger partial charge in [0.2, 0.25) is 0 Å². The van der Waals surface area contributed by atoms with E-state index in [4.69, 9.17) is 0 Å². The van der Waals surface area contributed by atoms with E-state index < -0.39 is 12.6 Å². The number of aromatic nitrogens is 1. The molecule has 0 amide bonds. The molecule has 2 nitrogen and oxygen atoms in total. The van der Waals surface area contributed by atoms with Gasteiger partial charge in [0.05, 0.1) is 12.1 Å². The summed E-state index contributed by atoms with van der Waals surface area (Å²) in [6.07, 6.45) is -3.40. The van der Waals surface area contributed by atoms with Gasteiger partial charge in [0.1, 0.15) is 5.01 Å². The molecule has 1 aromatic rings. The van der Waals surface area contributed by atoms with Crippen LogP contribution < -0.4 is 5.32 Å². The summed E-state index contributed by atoms with van der Waals surface area (Å²) in [4.78, 5) is 4.98. The van der Waals surface area contributed by atoms with E-state index in [0.717, 1.165) is 23.5 Å². The van der Waals surface area contributed by atoms with Crippen molar-refractivity contribution in [2.75, 3.05) is 6.54 Å². The summed E-state index contributed by atoms with van der Waals surface area (Å²) in [5, 5.41) is 3.36. The van der Waals surface area contributed by atoms with E-state index in [9.17, 15) is 13.2 Å². The number of alkyl halides is 3. The average Bonchev–Trinajstić information content (AvgIpc) is 2.58. The van der Waals surface area contributed by atoms with Crippen LogP contribution in [-0.2, 0) is 19.4 Å². The maximum Gasteiger partial charge on any atom is 0.395 e. The summed E-state index contributed by atoms with van der Waals surface area (Å²) in [6.45, 7) is 5.45. The highest BCUT2D eigenvalue weighted by Gasteiger charge is 2.30. The van der Waals surface area contributed by atoms with E-state index in [1.54, 1.807) is 0 Å². The first kappa shape index (κ1) is 14.4. The Labute approximate surface area is 103 Å². The van der Waals surface area contributed by atoms with Gasteiger partial charge in [0.25, 0.3) is 0 Å². The quantitative estimate of drug-likeness (QED) is 0.799. The summed E-state index contributed by atoms with van der Waals surface area (Å²) in [5.74, 6) is 0. The van der Waals surface area contributed by atoms with Crippen LogP contribution in [0.15, 0.2) is 0 Å². The van der Waals surface area contributed by atoms with Gasteiger partial charge in [-0.05, 0) is 19.4 Å². The first-order chi connectivity index (χ1) is 7.96. The van der Waals surface area contributed by atoms with E-state index in [0.29, 0.717) is 13.0 Å². The Morgan fingerprint density at radius 3 is 2.53 bits per heavy atom. The predicted molar refractivity (Wildman–Crippen MR) is 63.2 cm³/mol. The third-order valence-corrected chi connectivity index (χ3v) is 3.32. The second-order valence-electron chi connectivity index (χ2n) is 3.80. The molecule has 1 rings (SSSR count). The van der Waals surface area contributed by atoms with Crippen molar-refractivity contribution >= 4 is 11.3 Å². The van der Waals surface area contributed by atoms with Gasteiger partial charge in [0, 0.05) is 11.4 Å². The molecule has 0 aromatic carbocycles. The third kappa shape index (κ3) is 5.04. The molecule has 0 bridgehead atoms. The molecule has 1 N–H and O–H groups in total. The molecule has 1 heterocycles. The molecule has 0 spiro atoms. The van der Waals surface area contributed by atoms with Gasteiger partial charge in [-0.15, -0.1) is 11.3 Å². The lowest BCUT2D eigenvalue weighted by molar-refractivity contribution is -0.127. The zero-order valence-electron chi connectivity index (χ0n) is 10.0. The van der Waals surface area contributed by atoms with E-state index >= 15 is 0 Å². The van der Waals surface area contributed by atoms with Crippen LogP contribution in [0.4, 0.5) is 13.2 Å². The molecule has 0 saturated carbocycles. The van der Waals surface area contributed by atoms with Crippen LogP contribution in [0.3, 0.4) is 0 Å². The van der Waals surface area contributed by atoms with Crippen molar-refractivity contribution in [3.05, 3.63) is 15.6 Å². The van der Waals surface area contributed by atoms with Gasteiger partial charge in [-0.25, -0.2) is 4.98 Å². The van der Waals surface area contributed by atoms with Crippen molar-refractivity contribution < 1.29 is 13.2 Å². The van der Waals surface area contributed by atoms with Crippen LogP contribution in [-0.4, -0.2) is 17.7 Å². The van der Waals surface area contributed by atoms with E-state index in [1.807, 2.05) is 6.92 Å². The second-order valence-corrected chi connectivity index (χ2v) is 4.97. The van der Waals surface area contributed by atoms with E-state index in [2.05, 4.69) is 17.2 Å². The van der Waals surface area contributed by atoms with Crippen LogP contribution in [0.25, 0.3) is 0 Å². The highest BCUT2D eigenvalue weighted by Crippen LogP contribution is 2.26. The first-order valence-corrected chi connectivity index (χ1v) is 6.52. The molecule has 0 aliphatic rings. The van der Waals surface area contributed by atoms with Gasteiger partial charge < -0.3 is 5.32 Å². The smallest absolute Gasteiger partial charge is 0.312 e. The van der Waals surface area contributed by atoms with Gasteiger partial charge in [-0.2, -0.15) is 13.2 Å². The fraction of sp³-hybridized carbons (Fsp3) is 0.727. The molecule has 6 heteroatoms. The minimum Gasteiger partial charge on any atom is -0.312 e. The Morgan fingerprint density at radius 2 is 2.00 bits per heavy atom. The van der Waals surface area contributed by atoms with Crippen molar-refractivity contribution in [1.29, 1.82) is 0 Å². The lowest BCUT2D eigenvalue weighted by Crippen LogP contribution is -2.13. The van der Waals surface area contributed by atoms with Gasteiger partial charge >= 0.3 is 6.18 Å². The van der Waals surface area contributed by atoms with Crippen molar-refractivity contribution in [3.63, 3.8) is 0 Å². The molecule has 0 radical (unpaired) electrons. The van der Waals surface area contributed by atoms with Crippen LogP contribution in [0.2, 0.25) is 0 Å². The fourth-order valence-electron chi connectivity index (χ4n) is 1.48. The average molecular weight is 266 g/mol. The van der Waals surface area contributed by atoms with Crippen LogP contribution in [0.5, 0.6) is 0 Å². The maximum absolute atomic E-state index is 12.2. The normalized spacial score (nSPS) is 12.1. The van der Waals surface area contributed by atoms with Crippen LogP contribution in [0, 0.1) is 0 Å². The zero-order chi connectivity index (χ0) is 12.9. The fourth-order valence-corrected chi connectivity index (χ4v) is 2.64. The summed E-state index contributed by atoms with van der Waals surface area (Å²) >= 11 is 1.17. The lowest BCUT2D eigenvalue weighted by atomic mass is 10.3. The molecule has 1 aromatic heterocycles. The molecular weight excluding hydrogens is 249 g/mol. The molecule has 0 aliphatic carbocycles. The molecule has 0 unspecified atom stereocenters. The largest absolute Gasteiger partial charge is 0.395 e. The lowest BCUT2D eigenvalue weighted by Gasteiger charge is -2.01. The Kier molecular flexibility index (Phi) is 5.39. The van der Waals surface area contributed by atoms with Crippen LogP contribution in [0.1, 0.15) is 35.8 Å². The topological polar surface area (TPSA) is 24.9 Å². The number of hydrogen-bond donors (Lipinski definition) is 1. The zero-order valence-corrected chi connectivity index (χ0v) is 10.8. The molecule has 98 valence electrons. The first-order valence-electron chi connectivity index (χ1n) is 5.71. The predicted octanol–water partition coefficient (Wildman–Crippen LogP) is 3.31. The summed E-state index contributed by atoms with van der Waals surface area (Å²) in [6, 6.07) is 0. The van der Waals surface area contributed by atoms with E-state index in [1.165, 1.54) is 11.3 Å². The number of thiazole rings is 1. The number of nitrogens with zero attached hydrogens (tertiary/aromatic N) is 1. The molecule has 0 atom stereocenters.